The zero-order valence-electron chi connectivity index (χ0n) is 16.1. The Hall–Kier alpha value is -2.93. The van der Waals surface area contributed by atoms with Gasteiger partial charge in [-0.15, -0.1) is 11.3 Å². The summed E-state index contributed by atoms with van der Waals surface area (Å²) in [6.07, 6.45) is 1.68. The summed E-state index contributed by atoms with van der Waals surface area (Å²) in [4.78, 5) is 4.49. The molecule has 0 unspecified atom stereocenters. The number of hydrogen-bond acceptors (Lipinski definition) is 5. The van der Waals surface area contributed by atoms with Crippen LogP contribution in [0.25, 0.3) is 11.3 Å². The highest BCUT2D eigenvalue weighted by Gasteiger charge is 2.08. The van der Waals surface area contributed by atoms with Crippen molar-refractivity contribution in [2.24, 2.45) is 5.10 Å². The summed E-state index contributed by atoms with van der Waals surface area (Å²) in [5.74, 6) is 0.374. The van der Waals surface area contributed by atoms with Crippen molar-refractivity contribution >= 4 is 45.9 Å². The molecule has 0 spiro atoms. The lowest BCUT2D eigenvalue weighted by molar-refractivity contribution is 0.300. The Labute approximate surface area is 192 Å². The molecule has 0 aliphatic carbocycles. The predicted octanol–water partition coefficient (Wildman–Crippen LogP) is 7.28. The van der Waals surface area contributed by atoms with Crippen molar-refractivity contribution < 1.29 is 9.13 Å². The summed E-state index contributed by atoms with van der Waals surface area (Å²) < 4.78 is 19.3. The molecule has 0 aliphatic heterocycles. The first-order valence-electron chi connectivity index (χ1n) is 9.25. The van der Waals surface area contributed by atoms with Gasteiger partial charge in [0.15, 0.2) is 0 Å². The predicted molar refractivity (Wildman–Crippen MR) is 126 cm³/mol. The van der Waals surface area contributed by atoms with E-state index in [2.05, 4.69) is 15.5 Å². The van der Waals surface area contributed by atoms with Crippen LogP contribution in [0.3, 0.4) is 0 Å². The topological polar surface area (TPSA) is 46.5 Å². The van der Waals surface area contributed by atoms with E-state index in [4.69, 9.17) is 27.9 Å². The molecule has 0 fully saturated rings. The molecule has 4 rings (SSSR count). The van der Waals surface area contributed by atoms with Crippen LogP contribution in [0.15, 0.2) is 77.2 Å². The molecular formula is C23H16Cl2FN3OS. The smallest absolute Gasteiger partial charge is 0.203 e. The normalized spacial score (nSPS) is 11.1. The van der Waals surface area contributed by atoms with E-state index in [1.165, 1.54) is 17.4 Å². The number of thiazole rings is 1. The summed E-state index contributed by atoms with van der Waals surface area (Å²) in [6, 6.07) is 19.2. The number of benzene rings is 3. The van der Waals surface area contributed by atoms with Crippen molar-refractivity contribution in [2.75, 3.05) is 5.43 Å². The molecule has 4 aromatic rings. The molecule has 4 nitrogen and oxygen atoms in total. The van der Waals surface area contributed by atoms with Crippen LogP contribution in [0, 0.1) is 5.82 Å². The number of ether oxygens (including phenoxy) is 1. The van der Waals surface area contributed by atoms with Gasteiger partial charge in [0.2, 0.25) is 5.13 Å². The second-order valence-corrected chi connectivity index (χ2v) is 8.18. The van der Waals surface area contributed by atoms with Gasteiger partial charge in [-0.2, -0.15) is 5.10 Å². The van der Waals surface area contributed by atoms with Crippen molar-refractivity contribution in [1.29, 1.82) is 0 Å². The highest BCUT2D eigenvalue weighted by atomic mass is 35.5. The van der Waals surface area contributed by atoms with Crippen molar-refractivity contribution in [3.63, 3.8) is 0 Å². The molecule has 1 heterocycles. The maximum Gasteiger partial charge on any atom is 0.203 e. The molecule has 1 aromatic heterocycles. The Balaban J connectivity index is 1.33. The minimum atomic E-state index is -0.277. The molecule has 156 valence electrons. The quantitative estimate of drug-likeness (QED) is 0.227. The molecule has 0 bridgehead atoms. The van der Waals surface area contributed by atoms with Crippen LogP contribution in [-0.2, 0) is 6.61 Å². The molecule has 0 saturated heterocycles. The highest BCUT2D eigenvalue weighted by molar-refractivity contribution is 7.14. The average molecular weight is 472 g/mol. The summed E-state index contributed by atoms with van der Waals surface area (Å²) >= 11 is 13.6. The van der Waals surface area contributed by atoms with Crippen LogP contribution in [0.2, 0.25) is 10.0 Å². The van der Waals surface area contributed by atoms with E-state index in [9.17, 15) is 4.39 Å². The van der Waals surface area contributed by atoms with Gasteiger partial charge in [0.25, 0.3) is 0 Å². The minimum Gasteiger partial charge on any atom is -0.489 e. The first kappa shape index (κ1) is 21.3. The Bertz CT molecular complexity index is 1210. The highest BCUT2D eigenvalue weighted by Crippen LogP contribution is 2.32. The van der Waals surface area contributed by atoms with Crippen molar-refractivity contribution in [3.8, 4) is 17.0 Å². The van der Waals surface area contributed by atoms with E-state index >= 15 is 0 Å². The lowest BCUT2D eigenvalue weighted by Crippen LogP contribution is -1.98. The van der Waals surface area contributed by atoms with Crippen LogP contribution in [-0.4, -0.2) is 11.2 Å². The van der Waals surface area contributed by atoms with Gasteiger partial charge in [-0.25, -0.2) is 9.37 Å². The van der Waals surface area contributed by atoms with Gasteiger partial charge in [-0.05, 0) is 54.1 Å². The zero-order chi connectivity index (χ0) is 21.6. The van der Waals surface area contributed by atoms with Crippen molar-refractivity contribution in [1.82, 2.24) is 4.98 Å². The maximum absolute atomic E-state index is 13.6. The van der Waals surface area contributed by atoms with E-state index in [0.29, 0.717) is 26.5 Å². The second kappa shape index (κ2) is 9.92. The lowest BCUT2D eigenvalue weighted by atomic mass is 10.2. The molecule has 1 N–H and O–H groups in total. The van der Waals surface area contributed by atoms with Gasteiger partial charge in [0.05, 0.1) is 16.9 Å². The number of anilines is 1. The molecule has 8 heteroatoms. The third-order valence-electron chi connectivity index (χ3n) is 4.32. The summed E-state index contributed by atoms with van der Waals surface area (Å²) in [5, 5.41) is 7.88. The molecule has 0 saturated carbocycles. The SMILES string of the molecule is Fc1ccccc1COc1ccc(C=NNc2nc(-c3ccc(Cl)cc3Cl)cs2)cc1. The van der Waals surface area contributed by atoms with Crippen molar-refractivity contribution in [2.45, 2.75) is 6.61 Å². The molecule has 31 heavy (non-hydrogen) atoms. The third-order valence-corrected chi connectivity index (χ3v) is 5.61. The Morgan fingerprint density at radius 2 is 1.87 bits per heavy atom. The Morgan fingerprint density at radius 3 is 2.65 bits per heavy atom. The van der Waals surface area contributed by atoms with Crippen LogP contribution in [0.5, 0.6) is 5.75 Å². The molecule has 0 amide bonds. The van der Waals surface area contributed by atoms with Gasteiger partial charge in [-0.3, -0.25) is 5.43 Å². The summed E-state index contributed by atoms with van der Waals surface area (Å²) in [6.45, 7) is 0.172. The van der Waals surface area contributed by atoms with Gasteiger partial charge >= 0.3 is 0 Å². The van der Waals surface area contributed by atoms with E-state index in [-0.39, 0.29) is 12.4 Å². The van der Waals surface area contributed by atoms with Gasteiger partial charge in [0.1, 0.15) is 18.2 Å². The first-order valence-corrected chi connectivity index (χ1v) is 10.9. The fourth-order valence-corrected chi connectivity index (χ4v) is 3.90. The van der Waals surface area contributed by atoms with Gasteiger partial charge in [0, 0.05) is 21.5 Å². The summed E-state index contributed by atoms with van der Waals surface area (Å²) in [7, 11) is 0. The lowest BCUT2D eigenvalue weighted by Gasteiger charge is -2.07. The summed E-state index contributed by atoms with van der Waals surface area (Å²) in [5.41, 5.74) is 5.87. The number of halogens is 3. The fourth-order valence-electron chi connectivity index (χ4n) is 2.73. The van der Waals surface area contributed by atoms with Gasteiger partial charge < -0.3 is 4.74 Å². The van der Waals surface area contributed by atoms with E-state index < -0.39 is 0 Å². The largest absolute Gasteiger partial charge is 0.489 e. The van der Waals surface area contributed by atoms with Crippen LogP contribution < -0.4 is 10.2 Å². The number of aromatic nitrogens is 1. The number of nitrogens with zero attached hydrogens (tertiary/aromatic N) is 2. The minimum absolute atomic E-state index is 0.172. The Morgan fingerprint density at radius 1 is 1.06 bits per heavy atom. The van der Waals surface area contributed by atoms with Crippen LogP contribution in [0.1, 0.15) is 11.1 Å². The van der Waals surface area contributed by atoms with E-state index in [1.54, 1.807) is 36.5 Å². The molecule has 3 aromatic carbocycles. The van der Waals surface area contributed by atoms with E-state index in [1.807, 2.05) is 35.7 Å². The van der Waals surface area contributed by atoms with E-state index in [0.717, 1.165) is 16.8 Å². The van der Waals surface area contributed by atoms with Gasteiger partial charge in [-0.1, -0.05) is 41.4 Å². The molecule has 0 aliphatic rings. The second-order valence-electron chi connectivity index (χ2n) is 6.48. The number of nitrogens with one attached hydrogen (secondary N) is 1. The molecular weight excluding hydrogens is 456 g/mol. The maximum atomic E-state index is 13.6. The number of rotatable bonds is 7. The first-order chi connectivity index (χ1) is 15.1. The fraction of sp³-hybridized carbons (Fsp3) is 0.0435. The standard InChI is InChI=1S/C23H16Cl2FN3OS/c24-17-7-10-19(20(25)11-17)22-14-31-23(28-22)29-27-12-15-5-8-18(9-6-15)30-13-16-3-1-2-4-21(16)26/h1-12,14H,13H2,(H,28,29). The zero-order valence-corrected chi connectivity index (χ0v) is 18.4. The number of hydrazone groups is 1. The van der Waals surface area contributed by atoms with Crippen LogP contribution >= 0.6 is 34.5 Å². The number of hydrogen-bond donors (Lipinski definition) is 1. The monoisotopic (exact) mass is 471 g/mol. The molecule has 0 atom stereocenters. The van der Waals surface area contributed by atoms with Crippen molar-refractivity contribution in [3.05, 3.63) is 99.1 Å². The van der Waals surface area contributed by atoms with Crippen LogP contribution in [0.4, 0.5) is 9.52 Å². The Kier molecular flexibility index (Phi) is 6.82. The molecule has 0 radical (unpaired) electrons. The third kappa shape index (κ3) is 5.61. The average Bonchev–Trinajstić information content (AvgIpc) is 3.23.